The van der Waals surface area contributed by atoms with E-state index in [4.69, 9.17) is 0 Å². The van der Waals surface area contributed by atoms with Crippen molar-refractivity contribution in [2.45, 2.75) is 18.9 Å². The maximum absolute atomic E-state index is 11.3. The number of anilines is 1. The molecule has 1 heterocycles. The molecule has 1 amide bonds. The van der Waals surface area contributed by atoms with E-state index < -0.39 is 0 Å². The Bertz CT molecular complexity index is 431. The van der Waals surface area contributed by atoms with Gasteiger partial charge in [-0.1, -0.05) is 12.1 Å². The van der Waals surface area contributed by atoms with E-state index in [1.165, 1.54) is 11.1 Å². The third kappa shape index (κ3) is 2.64. The highest BCUT2D eigenvalue weighted by Crippen LogP contribution is 2.28. The molecule has 0 saturated heterocycles. The van der Waals surface area contributed by atoms with Gasteiger partial charge >= 0.3 is 0 Å². The number of fused-ring (bicyclic) bond motifs is 1. The van der Waals surface area contributed by atoms with E-state index >= 15 is 0 Å². The fourth-order valence-electron chi connectivity index (χ4n) is 2.18. The second kappa shape index (κ2) is 5.10. The fourth-order valence-corrected chi connectivity index (χ4v) is 2.71. The molecule has 1 aromatic rings. The Morgan fingerprint density at radius 3 is 2.82 bits per heavy atom. The largest absolute Gasteiger partial charge is 0.326 e. The zero-order valence-corrected chi connectivity index (χ0v) is 11.1. The maximum atomic E-state index is 11.3. The second-order valence-electron chi connectivity index (χ2n) is 4.63. The van der Waals surface area contributed by atoms with E-state index in [1.807, 2.05) is 6.07 Å². The molecule has 1 aliphatic heterocycles. The van der Waals surface area contributed by atoms with E-state index in [2.05, 4.69) is 49.1 Å². The molecule has 3 nitrogen and oxygen atoms in total. The first-order valence-electron chi connectivity index (χ1n) is 5.82. The number of carbonyl (C=O) groups excluding carboxylic acids is 1. The fraction of sp³-hybridized carbons (Fsp3) is 0.462. The van der Waals surface area contributed by atoms with Gasteiger partial charge in [0.2, 0.25) is 5.91 Å². The normalized spacial score (nSPS) is 16.6. The summed E-state index contributed by atoms with van der Waals surface area (Å²) in [5.41, 5.74) is 3.46. The van der Waals surface area contributed by atoms with Crippen molar-refractivity contribution < 1.29 is 4.79 Å². The molecule has 1 unspecified atom stereocenters. The Kier molecular flexibility index (Phi) is 3.74. The molecule has 0 spiro atoms. The number of carbonyl (C=O) groups is 1. The Morgan fingerprint density at radius 1 is 1.41 bits per heavy atom. The molecule has 0 bridgehead atoms. The second-order valence-corrected chi connectivity index (χ2v) is 4.99. The number of rotatable bonds is 3. The maximum Gasteiger partial charge on any atom is 0.224 e. The van der Waals surface area contributed by atoms with E-state index in [0.29, 0.717) is 12.5 Å². The van der Waals surface area contributed by atoms with E-state index in [0.717, 1.165) is 17.9 Å². The molecule has 4 heteroatoms. The molecule has 1 atom stereocenters. The topological polar surface area (TPSA) is 32.3 Å². The van der Waals surface area contributed by atoms with Crippen LogP contribution in [0.3, 0.4) is 0 Å². The number of hydrogen-bond donors (Lipinski definition) is 2. The van der Waals surface area contributed by atoms with Gasteiger partial charge < -0.3 is 10.2 Å². The van der Waals surface area contributed by atoms with Crippen LogP contribution in [0.25, 0.3) is 0 Å². The Balaban J connectivity index is 2.30. The van der Waals surface area contributed by atoms with Crippen molar-refractivity contribution in [3.63, 3.8) is 0 Å². The predicted octanol–water partition coefficient (Wildman–Crippen LogP) is 2.10. The van der Waals surface area contributed by atoms with Crippen LogP contribution in [0.15, 0.2) is 18.2 Å². The zero-order valence-electron chi connectivity index (χ0n) is 10.2. The molecule has 0 aromatic heterocycles. The van der Waals surface area contributed by atoms with Gasteiger partial charge in [0.1, 0.15) is 0 Å². The quantitative estimate of drug-likeness (QED) is 0.805. The van der Waals surface area contributed by atoms with Crippen LogP contribution < -0.4 is 5.32 Å². The lowest BCUT2D eigenvalue weighted by Crippen LogP contribution is -2.23. The molecule has 0 radical (unpaired) electrons. The lowest BCUT2D eigenvalue weighted by atomic mass is 9.97. The van der Waals surface area contributed by atoms with Crippen molar-refractivity contribution in [2.75, 3.05) is 25.2 Å². The molecule has 17 heavy (non-hydrogen) atoms. The van der Waals surface area contributed by atoms with Crippen LogP contribution in [0.1, 0.15) is 23.6 Å². The molecule has 0 saturated carbocycles. The minimum atomic E-state index is 0.114. The van der Waals surface area contributed by atoms with E-state index in [9.17, 15) is 4.79 Å². The molecule has 0 aliphatic carbocycles. The summed E-state index contributed by atoms with van der Waals surface area (Å²) in [6.45, 7) is 0. The van der Waals surface area contributed by atoms with Crippen LogP contribution in [0.2, 0.25) is 0 Å². The molecule has 2 rings (SSSR count). The number of thiol groups is 1. The SMILES string of the molecule is CN(C)C(CS)c1ccc2c(c1)CCC(=O)N2. The number of aryl methyl sites for hydroxylation is 1. The number of hydrogen-bond acceptors (Lipinski definition) is 3. The van der Waals surface area contributed by atoms with Crippen molar-refractivity contribution in [1.82, 2.24) is 4.90 Å². The van der Waals surface area contributed by atoms with Gasteiger partial charge in [-0.2, -0.15) is 12.6 Å². The number of amides is 1. The monoisotopic (exact) mass is 250 g/mol. The van der Waals surface area contributed by atoms with Gasteiger partial charge in [-0.15, -0.1) is 0 Å². The van der Waals surface area contributed by atoms with Gasteiger partial charge in [-0.25, -0.2) is 0 Å². The van der Waals surface area contributed by atoms with Gasteiger partial charge in [0, 0.05) is 23.9 Å². The number of benzene rings is 1. The summed E-state index contributed by atoms with van der Waals surface area (Å²) in [5, 5.41) is 2.90. The van der Waals surface area contributed by atoms with E-state index in [-0.39, 0.29) is 5.91 Å². The summed E-state index contributed by atoms with van der Waals surface area (Å²) >= 11 is 4.40. The summed E-state index contributed by atoms with van der Waals surface area (Å²) in [6, 6.07) is 6.59. The molecular formula is C13H18N2OS. The van der Waals surface area contributed by atoms with Crippen molar-refractivity contribution in [3.05, 3.63) is 29.3 Å². The minimum Gasteiger partial charge on any atom is -0.326 e. The standard InChI is InChI=1S/C13H18N2OS/c1-15(2)12(8-17)10-3-5-11-9(7-10)4-6-13(16)14-11/h3,5,7,12,17H,4,6,8H2,1-2H3,(H,14,16). The zero-order chi connectivity index (χ0) is 12.4. The van der Waals surface area contributed by atoms with Crippen molar-refractivity contribution in [2.24, 2.45) is 0 Å². The van der Waals surface area contributed by atoms with Crippen molar-refractivity contribution in [3.8, 4) is 0 Å². The van der Waals surface area contributed by atoms with Gasteiger partial charge in [-0.05, 0) is 37.7 Å². The Hall–Kier alpha value is -1.00. The van der Waals surface area contributed by atoms with Crippen molar-refractivity contribution in [1.29, 1.82) is 0 Å². The molecular weight excluding hydrogens is 232 g/mol. The average Bonchev–Trinajstić information content (AvgIpc) is 2.29. The molecule has 1 N–H and O–H groups in total. The lowest BCUT2D eigenvalue weighted by molar-refractivity contribution is -0.116. The molecule has 0 fully saturated rings. The van der Waals surface area contributed by atoms with Gasteiger partial charge in [0.15, 0.2) is 0 Å². The van der Waals surface area contributed by atoms with Crippen LogP contribution in [0.5, 0.6) is 0 Å². The summed E-state index contributed by atoms with van der Waals surface area (Å²) in [4.78, 5) is 13.4. The van der Waals surface area contributed by atoms with Crippen LogP contribution in [0, 0.1) is 0 Å². The van der Waals surface area contributed by atoms with Gasteiger partial charge in [0.05, 0.1) is 0 Å². The number of nitrogens with zero attached hydrogens (tertiary/aromatic N) is 1. The Morgan fingerprint density at radius 2 is 2.18 bits per heavy atom. The van der Waals surface area contributed by atoms with Gasteiger partial charge in [-0.3, -0.25) is 4.79 Å². The van der Waals surface area contributed by atoms with Gasteiger partial charge in [0.25, 0.3) is 0 Å². The van der Waals surface area contributed by atoms with Crippen LogP contribution >= 0.6 is 12.6 Å². The molecule has 1 aliphatic rings. The van der Waals surface area contributed by atoms with Crippen molar-refractivity contribution >= 4 is 24.2 Å². The average molecular weight is 250 g/mol. The summed E-state index contributed by atoms with van der Waals surface area (Å²) < 4.78 is 0. The van der Waals surface area contributed by atoms with Crippen LogP contribution in [0.4, 0.5) is 5.69 Å². The first-order valence-corrected chi connectivity index (χ1v) is 6.45. The molecule has 92 valence electrons. The third-order valence-electron chi connectivity index (χ3n) is 3.21. The minimum absolute atomic E-state index is 0.114. The highest BCUT2D eigenvalue weighted by atomic mass is 32.1. The lowest BCUT2D eigenvalue weighted by Gasteiger charge is -2.25. The highest BCUT2D eigenvalue weighted by Gasteiger charge is 2.18. The summed E-state index contributed by atoms with van der Waals surface area (Å²) in [6.07, 6.45) is 1.42. The smallest absolute Gasteiger partial charge is 0.224 e. The summed E-state index contributed by atoms with van der Waals surface area (Å²) in [7, 11) is 4.12. The first-order chi connectivity index (χ1) is 8.11. The van der Waals surface area contributed by atoms with Crippen LogP contribution in [-0.4, -0.2) is 30.7 Å². The molecule has 1 aromatic carbocycles. The highest BCUT2D eigenvalue weighted by molar-refractivity contribution is 7.80. The Labute approximate surface area is 108 Å². The van der Waals surface area contributed by atoms with Crippen LogP contribution in [-0.2, 0) is 11.2 Å². The van der Waals surface area contributed by atoms with E-state index in [1.54, 1.807) is 0 Å². The first kappa shape index (κ1) is 12.5. The predicted molar refractivity (Wildman–Crippen MR) is 73.7 cm³/mol. The summed E-state index contributed by atoms with van der Waals surface area (Å²) in [5.74, 6) is 0.904. The third-order valence-corrected chi connectivity index (χ3v) is 3.55. The number of nitrogens with one attached hydrogen (secondary N) is 1.